The van der Waals surface area contributed by atoms with Crippen molar-refractivity contribution in [2.45, 2.75) is 38.7 Å². The predicted octanol–water partition coefficient (Wildman–Crippen LogP) is 1.19. The van der Waals surface area contributed by atoms with E-state index >= 15 is 0 Å². The molecule has 6 nitrogen and oxygen atoms in total. The number of aliphatic hydroxyl groups is 1. The third kappa shape index (κ3) is 7.79. The van der Waals surface area contributed by atoms with Crippen molar-refractivity contribution in [1.29, 1.82) is 15.8 Å². The molecule has 0 bridgehead atoms. The molecule has 17 heavy (non-hydrogen) atoms. The van der Waals surface area contributed by atoms with E-state index < -0.39 is 17.5 Å². The maximum absolute atomic E-state index is 9.94. The first kappa shape index (κ1) is 17.3. The Balaban J connectivity index is 0. The van der Waals surface area contributed by atoms with Gasteiger partial charge in [-0.3, -0.25) is 4.79 Å². The average Bonchev–Trinajstić information content (AvgIpc) is 2.31. The predicted molar refractivity (Wildman–Crippen MR) is 58.1 cm³/mol. The van der Waals surface area contributed by atoms with Crippen LogP contribution in [0, 0.1) is 39.9 Å². The molecule has 0 amide bonds. The molecule has 0 saturated heterocycles. The Bertz CT molecular complexity index is 362. The zero-order valence-electron chi connectivity index (χ0n) is 9.84. The number of nitriles is 3. The van der Waals surface area contributed by atoms with Crippen molar-refractivity contribution in [1.82, 2.24) is 0 Å². The monoisotopic (exact) mass is 237 g/mol. The molecular formula is C11H15N3O3. The van der Waals surface area contributed by atoms with E-state index in [0.29, 0.717) is 12.8 Å². The number of aliphatic carboxylic acids is 1. The van der Waals surface area contributed by atoms with Crippen LogP contribution in [0.1, 0.15) is 33.1 Å². The highest BCUT2D eigenvalue weighted by Gasteiger charge is 2.22. The molecule has 0 aromatic heterocycles. The van der Waals surface area contributed by atoms with Crippen LogP contribution in [-0.2, 0) is 4.79 Å². The first-order valence-electron chi connectivity index (χ1n) is 5.03. The summed E-state index contributed by atoms with van der Waals surface area (Å²) in [6, 6.07) is 5.05. The van der Waals surface area contributed by atoms with Gasteiger partial charge < -0.3 is 10.2 Å². The molecular weight excluding hydrogens is 222 g/mol. The molecule has 0 aliphatic heterocycles. The van der Waals surface area contributed by atoms with Gasteiger partial charge >= 0.3 is 5.97 Å². The van der Waals surface area contributed by atoms with Crippen LogP contribution in [0.2, 0.25) is 0 Å². The summed E-state index contributed by atoms with van der Waals surface area (Å²) in [6.07, 6.45) is 0.572. The summed E-state index contributed by atoms with van der Waals surface area (Å²) < 4.78 is 0. The van der Waals surface area contributed by atoms with Crippen LogP contribution in [0.15, 0.2) is 0 Å². The van der Waals surface area contributed by atoms with E-state index in [2.05, 4.69) is 0 Å². The van der Waals surface area contributed by atoms with Crippen LogP contribution < -0.4 is 0 Å². The van der Waals surface area contributed by atoms with Crippen LogP contribution in [0.4, 0.5) is 0 Å². The van der Waals surface area contributed by atoms with Crippen molar-refractivity contribution in [2.24, 2.45) is 5.92 Å². The standard InChI is InChI=1S/C6H8N2O.C5H7NO2/c1-2-6(9,5-8)3-4-7;1-2-4(3-6)5(7)8/h9H,2-3H2,1H3;4H,2H2,1H3,(H,7,8). The largest absolute Gasteiger partial charge is 0.480 e. The first-order valence-corrected chi connectivity index (χ1v) is 5.03. The lowest BCUT2D eigenvalue weighted by atomic mass is 10.00. The second-order valence-electron chi connectivity index (χ2n) is 3.26. The summed E-state index contributed by atoms with van der Waals surface area (Å²) >= 11 is 0. The van der Waals surface area contributed by atoms with Crippen LogP contribution in [-0.4, -0.2) is 21.8 Å². The molecule has 0 aliphatic rings. The van der Waals surface area contributed by atoms with Crippen LogP contribution in [0.5, 0.6) is 0 Å². The Morgan fingerprint density at radius 1 is 1.35 bits per heavy atom. The number of carbonyl (C=O) groups is 1. The highest BCUT2D eigenvalue weighted by molar-refractivity contribution is 5.72. The molecule has 2 atom stereocenters. The third-order valence-electron chi connectivity index (χ3n) is 2.03. The zero-order valence-corrected chi connectivity index (χ0v) is 9.84. The van der Waals surface area contributed by atoms with Gasteiger partial charge in [-0.2, -0.15) is 15.8 Å². The lowest BCUT2D eigenvalue weighted by Crippen LogP contribution is -2.23. The molecule has 6 heteroatoms. The van der Waals surface area contributed by atoms with Gasteiger partial charge in [-0.1, -0.05) is 13.8 Å². The molecule has 0 rings (SSSR count). The second kappa shape index (κ2) is 9.15. The topological polar surface area (TPSA) is 129 Å². The number of hydrogen-bond acceptors (Lipinski definition) is 5. The molecule has 0 saturated carbocycles. The molecule has 0 aromatic carbocycles. The van der Waals surface area contributed by atoms with Gasteiger partial charge in [-0.25, -0.2) is 0 Å². The maximum atomic E-state index is 9.94. The van der Waals surface area contributed by atoms with Crippen LogP contribution >= 0.6 is 0 Å². The van der Waals surface area contributed by atoms with Crippen molar-refractivity contribution in [3.63, 3.8) is 0 Å². The summed E-state index contributed by atoms with van der Waals surface area (Å²) in [6.45, 7) is 3.34. The van der Waals surface area contributed by atoms with E-state index in [4.69, 9.17) is 26.0 Å². The Labute approximate surface area is 100 Å². The fraction of sp³-hybridized carbons (Fsp3) is 0.636. The van der Waals surface area contributed by atoms with Gasteiger partial charge in [0.05, 0.1) is 24.6 Å². The van der Waals surface area contributed by atoms with E-state index in [9.17, 15) is 4.79 Å². The lowest BCUT2D eigenvalue weighted by Gasteiger charge is -2.11. The van der Waals surface area contributed by atoms with Crippen molar-refractivity contribution < 1.29 is 15.0 Å². The Morgan fingerprint density at radius 2 is 1.88 bits per heavy atom. The van der Waals surface area contributed by atoms with E-state index in [0.717, 1.165) is 0 Å². The number of carboxylic acid groups (broad SMARTS) is 1. The van der Waals surface area contributed by atoms with Crippen molar-refractivity contribution in [3.8, 4) is 18.2 Å². The molecule has 0 spiro atoms. The molecule has 0 aliphatic carbocycles. The first-order chi connectivity index (χ1) is 7.90. The van der Waals surface area contributed by atoms with Crippen LogP contribution in [0.25, 0.3) is 0 Å². The summed E-state index contributed by atoms with van der Waals surface area (Å²) in [5, 5.41) is 41.6. The van der Waals surface area contributed by atoms with Gasteiger partial charge in [-0.15, -0.1) is 0 Å². The molecule has 0 heterocycles. The molecule has 0 radical (unpaired) electrons. The van der Waals surface area contributed by atoms with Gasteiger partial charge in [0, 0.05) is 0 Å². The minimum atomic E-state index is -1.42. The fourth-order valence-corrected chi connectivity index (χ4v) is 0.695. The van der Waals surface area contributed by atoms with Gasteiger partial charge in [0.25, 0.3) is 0 Å². The van der Waals surface area contributed by atoms with Gasteiger partial charge in [-0.05, 0) is 12.8 Å². The fourth-order valence-electron chi connectivity index (χ4n) is 0.695. The average molecular weight is 237 g/mol. The zero-order chi connectivity index (χ0) is 13.9. The van der Waals surface area contributed by atoms with E-state index in [-0.39, 0.29) is 6.42 Å². The molecule has 2 N–H and O–H groups in total. The second-order valence-corrected chi connectivity index (χ2v) is 3.26. The molecule has 92 valence electrons. The Kier molecular flexibility index (Phi) is 9.31. The van der Waals surface area contributed by atoms with E-state index in [1.165, 1.54) is 0 Å². The number of rotatable bonds is 4. The van der Waals surface area contributed by atoms with Crippen molar-refractivity contribution in [3.05, 3.63) is 0 Å². The molecule has 0 fully saturated rings. The number of hydrogen-bond donors (Lipinski definition) is 2. The lowest BCUT2D eigenvalue weighted by molar-refractivity contribution is -0.139. The molecule has 2 unspecified atom stereocenters. The van der Waals surface area contributed by atoms with Crippen molar-refractivity contribution in [2.75, 3.05) is 0 Å². The van der Waals surface area contributed by atoms with E-state index in [1.807, 2.05) is 0 Å². The Hall–Kier alpha value is -2.10. The maximum Gasteiger partial charge on any atom is 0.320 e. The van der Waals surface area contributed by atoms with Gasteiger partial charge in [0.15, 0.2) is 5.60 Å². The third-order valence-corrected chi connectivity index (χ3v) is 2.03. The summed E-state index contributed by atoms with van der Waals surface area (Å²) in [5.41, 5.74) is -1.42. The smallest absolute Gasteiger partial charge is 0.320 e. The van der Waals surface area contributed by atoms with Gasteiger partial charge in [0.2, 0.25) is 0 Å². The summed E-state index contributed by atoms with van der Waals surface area (Å²) in [4.78, 5) is 9.94. The highest BCUT2D eigenvalue weighted by Crippen LogP contribution is 2.11. The molecule has 0 aromatic rings. The quantitative estimate of drug-likeness (QED) is 0.706. The number of carboxylic acids is 1. The number of nitrogens with zero attached hydrogens (tertiary/aromatic N) is 3. The van der Waals surface area contributed by atoms with Gasteiger partial charge in [0.1, 0.15) is 5.92 Å². The normalized spacial score (nSPS) is 13.6. The summed E-state index contributed by atoms with van der Waals surface area (Å²) in [7, 11) is 0. The van der Waals surface area contributed by atoms with Crippen LogP contribution in [0.3, 0.4) is 0 Å². The van der Waals surface area contributed by atoms with E-state index in [1.54, 1.807) is 32.1 Å². The minimum Gasteiger partial charge on any atom is -0.480 e. The highest BCUT2D eigenvalue weighted by atomic mass is 16.4. The van der Waals surface area contributed by atoms with Crippen molar-refractivity contribution >= 4 is 5.97 Å². The Morgan fingerprint density at radius 3 is 1.94 bits per heavy atom. The summed E-state index contributed by atoms with van der Waals surface area (Å²) in [5.74, 6) is -1.86. The minimum absolute atomic E-state index is 0.111. The SMILES string of the molecule is CCC(C#N)C(=O)O.CCC(O)(C#N)CC#N.